The number of benzene rings is 1. The van der Waals surface area contributed by atoms with Crippen LogP contribution >= 0.6 is 0 Å². The number of carbonyl (C=O) groups is 1. The van der Waals surface area contributed by atoms with Crippen LogP contribution in [-0.4, -0.2) is 35.7 Å². The molecule has 1 N–H and O–H groups in total. The summed E-state index contributed by atoms with van der Waals surface area (Å²) in [5.74, 6) is 1.23. The number of piperidine rings is 1. The van der Waals surface area contributed by atoms with Gasteiger partial charge in [-0.3, -0.25) is 4.79 Å². The van der Waals surface area contributed by atoms with Crippen molar-refractivity contribution in [3.8, 4) is 11.3 Å². The van der Waals surface area contributed by atoms with E-state index in [2.05, 4.69) is 46.4 Å². The molecule has 1 saturated heterocycles. The molecular weight excluding hydrogens is 324 g/mol. The molecule has 0 radical (unpaired) electrons. The summed E-state index contributed by atoms with van der Waals surface area (Å²) in [5.41, 5.74) is 3.22. The van der Waals surface area contributed by atoms with Crippen LogP contribution in [0.2, 0.25) is 0 Å². The van der Waals surface area contributed by atoms with Crippen LogP contribution in [0.5, 0.6) is 0 Å². The van der Waals surface area contributed by atoms with Crippen LogP contribution in [-0.2, 0) is 4.79 Å². The first-order valence-electron chi connectivity index (χ1n) is 9.61. The van der Waals surface area contributed by atoms with E-state index in [4.69, 9.17) is 0 Å². The number of nitrogens with zero attached hydrogens (tertiary/aromatic N) is 3. The minimum Gasteiger partial charge on any atom is -0.356 e. The van der Waals surface area contributed by atoms with Gasteiger partial charge in [0.15, 0.2) is 5.82 Å². The zero-order valence-electron chi connectivity index (χ0n) is 15.7. The molecular formula is C21H28N4O. The van der Waals surface area contributed by atoms with Gasteiger partial charge in [-0.05, 0) is 43.9 Å². The highest BCUT2D eigenvalue weighted by Crippen LogP contribution is 2.24. The highest BCUT2D eigenvalue weighted by atomic mass is 16.1. The Balaban J connectivity index is 1.57. The Hall–Kier alpha value is -2.43. The monoisotopic (exact) mass is 352 g/mol. The third kappa shape index (κ3) is 4.40. The molecule has 1 amide bonds. The average molecular weight is 352 g/mol. The number of carbonyl (C=O) groups excluding carboxylic acids is 1. The summed E-state index contributed by atoms with van der Waals surface area (Å²) in [5, 5.41) is 11.9. The molecule has 1 aromatic heterocycles. The van der Waals surface area contributed by atoms with Gasteiger partial charge in [-0.25, -0.2) is 0 Å². The fourth-order valence-electron chi connectivity index (χ4n) is 3.40. The lowest BCUT2D eigenvalue weighted by molar-refractivity contribution is -0.125. The van der Waals surface area contributed by atoms with Crippen LogP contribution in [0.25, 0.3) is 11.3 Å². The molecule has 0 unspecified atom stereocenters. The minimum absolute atomic E-state index is 0.127. The van der Waals surface area contributed by atoms with Crippen LogP contribution in [0, 0.1) is 12.8 Å². The van der Waals surface area contributed by atoms with E-state index in [1.807, 2.05) is 24.3 Å². The average Bonchev–Trinajstić information content (AvgIpc) is 2.69. The molecule has 0 atom stereocenters. The Kier molecular flexibility index (Phi) is 6.21. The Labute approximate surface area is 155 Å². The summed E-state index contributed by atoms with van der Waals surface area (Å²) >= 11 is 0. The smallest absolute Gasteiger partial charge is 0.223 e. The lowest BCUT2D eigenvalue weighted by Crippen LogP contribution is -2.41. The molecule has 1 fully saturated rings. The molecule has 2 heterocycles. The lowest BCUT2D eigenvalue weighted by Gasteiger charge is -2.31. The first-order valence-corrected chi connectivity index (χ1v) is 9.61. The molecule has 1 aromatic carbocycles. The highest BCUT2D eigenvalue weighted by molar-refractivity contribution is 5.79. The van der Waals surface area contributed by atoms with Crippen LogP contribution in [0.3, 0.4) is 0 Å². The number of hydrogen-bond acceptors (Lipinski definition) is 4. The number of anilines is 1. The summed E-state index contributed by atoms with van der Waals surface area (Å²) in [6, 6.07) is 12.3. The fraction of sp³-hybridized carbons (Fsp3) is 0.476. The second-order valence-corrected chi connectivity index (χ2v) is 7.00. The molecule has 2 aromatic rings. The van der Waals surface area contributed by atoms with Gasteiger partial charge in [-0.15, -0.1) is 10.2 Å². The number of rotatable bonds is 6. The second kappa shape index (κ2) is 8.79. The maximum atomic E-state index is 12.2. The van der Waals surface area contributed by atoms with Crippen molar-refractivity contribution < 1.29 is 4.79 Å². The van der Waals surface area contributed by atoms with Gasteiger partial charge in [0.1, 0.15) is 0 Å². The van der Waals surface area contributed by atoms with Crippen LogP contribution in [0.1, 0.15) is 38.2 Å². The Morgan fingerprint density at radius 3 is 2.58 bits per heavy atom. The predicted molar refractivity (Wildman–Crippen MR) is 105 cm³/mol. The molecule has 3 rings (SSSR count). The van der Waals surface area contributed by atoms with Gasteiger partial charge >= 0.3 is 0 Å². The second-order valence-electron chi connectivity index (χ2n) is 7.00. The van der Waals surface area contributed by atoms with Gasteiger partial charge in [0.2, 0.25) is 5.91 Å². The van der Waals surface area contributed by atoms with E-state index in [0.717, 1.165) is 62.4 Å². The summed E-state index contributed by atoms with van der Waals surface area (Å²) in [7, 11) is 0. The first-order chi connectivity index (χ1) is 12.7. The van der Waals surface area contributed by atoms with Crippen molar-refractivity contribution in [3.05, 3.63) is 42.0 Å². The standard InChI is InChI=1S/C21H28N4O/c1-3-4-13-22-21(26)17-11-14-25(15-12-17)20-10-9-19(23-24-20)18-8-6-5-7-16(18)2/h5-10,17H,3-4,11-15H2,1-2H3,(H,22,26). The molecule has 1 aliphatic heterocycles. The zero-order chi connectivity index (χ0) is 18.4. The number of hydrogen-bond donors (Lipinski definition) is 1. The van der Waals surface area contributed by atoms with Gasteiger partial charge in [-0.1, -0.05) is 37.6 Å². The number of unbranched alkanes of at least 4 members (excludes halogenated alkanes) is 1. The molecule has 0 aliphatic carbocycles. The quantitative estimate of drug-likeness (QED) is 0.807. The van der Waals surface area contributed by atoms with E-state index in [0.29, 0.717) is 0 Å². The largest absolute Gasteiger partial charge is 0.356 e. The Morgan fingerprint density at radius 2 is 1.92 bits per heavy atom. The van der Waals surface area contributed by atoms with Gasteiger partial charge < -0.3 is 10.2 Å². The summed E-state index contributed by atoms with van der Waals surface area (Å²) in [4.78, 5) is 14.4. The summed E-state index contributed by atoms with van der Waals surface area (Å²) in [6.45, 7) is 6.72. The van der Waals surface area contributed by atoms with Crippen molar-refractivity contribution in [3.63, 3.8) is 0 Å². The maximum Gasteiger partial charge on any atom is 0.223 e. The van der Waals surface area contributed by atoms with E-state index in [1.54, 1.807) is 0 Å². The van der Waals surface area contributed by atoms with Crippen molar-refractivity contribution in [2.45, 2.75) is 39.5 Å². The van der Waals surface area contributed by atoms with Crippen molar-refractivity contribution in [2.24, 2.45) is 5.92 Å². The van der Waals surface area contributed by atoms with E-state index in [9.17, 15) is 4.79 Å². The first kappa shape index (κ1) is 18.4. The summed E-state index contributed by atoms with van der Waals surface area (Å²) in [6.07, 6.45) is 3.90. The number of aromatic nitrogens is 2. The molecule has 1 aliphatic rings. The van der Waals surface area contributed by atoms with E-state index < -0.39 is 0 Å². The minimum atomic E-state index is 0.127. The third-order valence-electron chi connectivity index (χ3n) is 5.09. The summed E-state index contributed by atoms with van der Waals surface area (Å²) < 4.78 is 0. The van der Waals surface area contributed by atoms with Crippen molar-refractivity contribution in [1.82, 2.24) is 15.5 Å². The lowest BCUT2D eigenvalue weighted by atomic mass is 9.96. The van der Waals surface area contributed by atoms with Crippen molar-refractivity contribution in [1.29, 1.82) is 0 Å². The predicted octanol–water partition coefficient (Wildman–Crippen LogP) is 3.58. The fourth-order valence-corrected chi connectivity index (χ4v) is 3.40. The van der Waals surface area contributed by atoms with Gasteiger partial charge in [0.05, 0.1) is 5.69 Å². The van der Waals surface area contributed by atoms with Gasteiger partial charge in [0, 0.05) is 31.1 Å². The maximum absolute atomic E-state index is 12.2. The van der Waals surface area contributed by atoms with Crippen LogP contribution in [0.4, 0.5) is 5.82 Å². The highest BCUT2D eigenvalue weighted by Gasteiger charge is 2.25. The van der Waals surface area contributed by atoms with Crippen LogP contribution in [0.15, 0.2) is 36.4 Å². The molecule has 26 heavy (non-hydrogen) atoms. The zero-order valence-corrected chi connectivity index (χ0v) is 15.7. The van der Waals surface area contributed by atoms with E-state index in [-0.39, 0.29) is 11.8 Å². The molecule has 0 bridgehead atoms. The van der Waals surface area contributed by atoms with Crippen LogP contribution < -0.4 is 10.2 Å². The third-order valence-corrected chi connectivity index (χ3v) is 5.09. The molecule has 5 nitrogen and oxygen atoms in total. The van der Waals surface area contributed by atoms with Crippen molar-refractivity contribution in [2.75, 3.05) is 24.5 Å². The van der Waals surface area contributed by atoms with Gasteiger partial charge in [-0.2, -0.15) is 0 Å². The number of amides is 1. The topological polar surface area (TPSA) is 58.1 Å². The number of nitrogens with one attached hydrogen (secondary N) is 1. The Bertz CT molecular complexity index is 721. The Morgan fingerprint density at radius 1 is 1.15 bits per heavy atom. The SMILES string of the molecule is CCCCNC(=O)C1CCN(c2ccc(-c3ccccc3C)nn2)CC1. The normalized spacial score (nSPS) is 15.1. The van der Waals surface area contributed by atoms with Crippen molar-refractivity contribution >= 4 is 11.7 Å². The van der Waals surface area contributed by atoms with Gasteiger partial charge in [0.25, 0.3) is 0 Å². The van der Waals surface area contributed by atoms with E-state index >= 15 is 0 Å². The van der Waals surface area contributed by atoms with E-state index in [1.165, 1.54) is 5.56 Å². The number of aryl methyl sites for hydroxylation is 1. The molecule has 0 spiro atoms. The molecule has 138 valence electrons. The molecule has 0 saturated carbocycles. The molecule has 5 heteroatoms.